The Balaban J connectivity index is 1.95. The molecule has 26 heavy (non-hydrogen) atoms. The van der Waals surface area contributed by atoms with Crippen LogP contribution in [0.25, 0.3) is 22.5 Å². The van der Waals surface area contributed by atoms with Gasteiger partial charge in [0.1, 0.15) is 23.8 Å². The molecule has 1 N–H and O–H groups in total. The summed E-state index contributed by atoms with van der Waals surface area (Å²) >= 11 is 0. The van der Waals surface area contributed by atoms with Crippen LogP contribution in [0.3, 0.4) is 0 Å². The number of rotatable bonds is 6. The van der Waals surface area contributed by atoms with Crippen molar-refractivity contribution in [3.05, 3.63) is 65.6 Å². The number of phenols is 1. The van der Waals surface area contributed by atoms with Gasteiger partial charge < -0.3 is 19.8 Å². The smallest absolute Gasteiger partial charge is 0.290 e. The van der Waals surface area contributed by atoms with Crippen LogP contribution in [0.2, 0.25) is 0 Å². The molecule has 0 saturated heterocycles. The van der Waals surface area contributed by atoms with Gasteiger partial charge in [0.2, 0.25) is 0 Å². The molecule has 0 aliphatic heterocycles. The Kier molecular flexibility index (Phi) is 5.34. The SMILES string of the molecule is COCCOc1cccc(-c2cc(-c3ccc(O)c(C)c3)nc[n+]2[O-])c1. The third-order valence-corrected chi connectivity index (χ3v) is 3.99. The first-order valence-electron chi connectivity index (χ1n) is 8.20. The molecule has 2 aromatic carbocycles. The zero-order chi connectivity index (χ0) is 18.5. The van der Waals surface area contributed by atoms with Crippen molar-refractivity contribution in [2.45, 2.75) is 6.92 Å². The maximum Gasteiger partial charge on any atom is 0.290 e. The van der Waals surface area contributed by atoms with Gasteiger partial charge in [-0.25, -0.2) is 4.73 Å². The molecule has 1 aromatic heterocycles. The molecule has 0 unspecified atom stereocenters. The summed E-state index contributed by atoms with van der Waals surface area (Å²) in [6.07, 6.45) is 1.24. The highest BCUT2D eigenvalue weighted by Crippen LogP contribution is 2.27. The van der Waals surface area contributed by atoms with Crippen molar-refractivity contribution in [2.24, 2.45) is 0 Å². The number of ether oxygens (including phenoxy) is 2. The fourth-order valence-corrected chi connectivity index (χ4v) is 2.58. The Morgan fingerprint density at radius 1 is 1.08 bits per heavy atom. The molecule has 3 rings (SSSR count). The van der Waals surface area contributed by atoms with Gasteiger partial charge in [0.25, 0.3) is 6.33 Å². The quantitative estimate of drug-likeness (QED) is 0.419. The molecule has 0 saturated carbocycles. The van der Waals surface area contributed by atoms with Gasteiger partial charge in [-0.2, -0.15) is 0 Å². The van der Waals surface area contributed by atoms with Crippen LogP contribution in [0.1, 0.15) is 5.56 Å². The number of hydrogen-bond acceptors (Lipinski definition) is 5. The van der Waals surface area contributed by atoms with Crippen molar-refractivity contribution in [2.75, 3.05) is 20.3 Å². The summed E-state index contributed by atoms with van der Waals surface area (Å²) in [6, 6.07) is 14.3. The standard InChI is InChI=1S/C20H20N2O4/c1-14-10-15(6-7-20(14)23)18-12-19(22(24)13-21-18)16-4-3-5-17(11-16)26-9-8-25-2/h3-7,10-13,23H,8-9H2,1-2H3. The normalized spacial score (nSPS) is 10.7. The second-order valence-electron chi connectivity index (χ2n) is 5.86. The molecule has 0 amide bonds. The summed E-state index contributed by atoms with van der Waals surface area (Å²) in [5, 5.41) is 21.9. The fraction of sp³-hybridized carbons (Fsp3) is 0.200. The van der Waals surface area contributed by atoms with Crippen molar-refractivity contribution >= 4 is 0 Å². The molecular weight excluding hydrogens is 332 g/mol. The Morgan fingerprint density at radius 3 is 2.69 bits per heavy atom. The van der Waals surface area contributed by atoms with Crippen LogP contribution >= 0.6 is 0 Å². The molecule has 1 heterocycles. The third kappa shape index (κ3) is 3.92. The van der Waals surface area contributed by atoms with Crippen LogP contribution in [-0.2, 0) is 4.74 Å². The second-order valence-corrected chi connectivity index (χ2v) is 5.86. The number of aromatic nitrogens is 2. The Bertz CT molecular complexity index is 912. The number of nitrogens with zero attached hydrogens (tertiary/aromatic N) is 2. The highest BCUT2D eigenvalue weighted by atomic mass is 16.5. The number of aryl methyl sites for hydroxylation is 1. The third-order valence-electron chi connectivity index (χ3n) is 3.99. The predicted octanol–water partition coefficient (Wildman–Crippen LogP) is 3.09. The minimum absolute atomic E-state index is 0.227. The van der Waals surface area contributed by atoms with Gasteiger partial charge in [0.15, 0.2) is 5.69 Å². The fourth-order valence-electron chi connectivity index (χ4n) is 2.58. The number of phenolic OH excluding ortho intramolecular Hbond substituents is 1. The van der Waals surface area contributed by atoms with Crippen LogP contribution in [0.4, 0.5) is 0 Å². The minimum atomic E-state index is 0.227. The number of benzene rings is 2. The van der Waals surface area contributed by atoms with Crippen molar-refractivity contribution < 1.29 is 19.3 Å². The van der Waals surface area contributed by atoms with Gasteiger partial charge in [-0.3, -0.25) is 0 Å². The van der Waals surface area contributed by atoms with Gasteiger partial charge in [0, 0.05) is 24.3 Å². The highest BCUT2D eigenvalue weighted by Gasteiger charge is 2.13. The van der Waals surface area contributed by atoms with Crippen LogP contribution in [0.5, 0.6) is 11.5 Å². The average molecular weight is 352 g/mol. The molecule has 0 fully saturated rings. The van der Waals surface area contributed by atoms with Crippen LogP contribution in [-0.4, -0.2) is 30.4 Å². The van der Waals surface area contributed by atoms with Gasteiger partial charge in [-0.15, -0.1) is 0 Å². The number of hydrogen-bond donors (Lipinski definition) is 1. The van der Waals surface area contributed by atoms with E-state index >= 15 is 0 Å². The lowest BCUT2D eigenvalue weighted by Gasteiger charge is -2.11. The van der Waals surface area contributed by atoms with Gasteiger partial charge in [-0.1, -0.05) is 12.1 Å². The van der Waals surface area contributed by atoms with E-state index in [-0.39, 0.29) is 5.75 Å². The lowest BCUT2D eigenvalue weighted by Crippen LogP contribution is -2.29. The number of aromatic hydroxyl groups is 1. The van der Waals surface area contributed by atoms with Gasteiger partial charge in [0.05, 0.1) is 6.61 Å². The zero-order valence-corrected chi connectivity index (χ0v) is 14.7. The summed E-state index contributed by atoms with van der Waals surface area (Å²) < 4.78 is 11.3. The van der Waals surface area contributed by atoms with Crippen LogP contribution in [0, 0.1) is 12.1 Å². The molecule has 6 heteroatoms. The van der Waals surface area contributed by atoms with E-state index < -0.39 is 0 Å². The minimum Gasteiger partial charge on any atom is -0.710 e. The molecule has 134 valence electrons. The molecule has 0 atom stereocenters. The topological polar surface area (TPSA) is 78.5 Å². The van der Waals surface area contributed by atoms with Crippen LogP contribution in [0.15, 0.2) is 54.9 Å². The Labute approximate surface area is 151 Å². The van der Waals surface area contributed by atoms with E-state index in [2.05, 4.69) is 4.98 Å². The largest absolute Gasteiger partial charge is 0.710 e. The molecule has 0 aliphatic carbocycles. The molecule has 0 aliphatic rings. The van der Waals surface area contributed by atoms with E-state index in [1.54, 1.807) is 25.3 Å². The van der Waals surface area contributed by atoms with E-state index in [4.69, 9.17) is 9.47 Å². The lowest BCUT2D eigenvalue weighted by atomic mass is 10.1. The lowest BCUT2D eigenvalue weighted by molar-refractivity contribution is -0.597. The summed E-state index contributed by atoms with van der Waals surface area (Å²) in [4.78, 5) is 4.21. The van der Waals surface area contributed by atoms with Gasteiger partial charge in [-0.05, 0) is 47.8 Å². The van der Waals surface area contributed by atoms with Crippen molar-refractivity contribution in [1.82, 2.24) is 4.98 Å². The summed E-state index contributed by atoms with van der Waals surface area (Å²) in [6.45, 7) is 2.74. The zero-order valence-electron chi connectivity index (χ0n) is 14.7. The van der Waals surface area contributed by atoms with Crippen molar-refractivity contribution in [1.29, 1.82) is 0 Å². The van der Waals surface area contributed by atoms with E-state index in [9.17, 15) is 10.3 Å². The van der Waals surface area contributed by atoms with Crippen LogP contribution < -0.4 is 9.47 Å². The van der Waals surface area contributed by atoms with Gasteiger partial charge >= 0.3 is 0 Å². The monoisotopic (exact) mass is 352 g/mol. The molecule has 6 nitrogen and oxygen atoms in total. The summed E-state index contributed by atoms with van der Waals surface area (Å²) in [5.41, 5.74) is 3.43. The molecule has 0 spiro atoms. The average Bonchev–Trinajstić information content (AvgIpc) is 2.65. The molecule has 3 aromatic rings. The van der Waals surface area contributed by atoms with E-state index in [0.717, 1.165) is 21.4 Å². The Hall–Kier alpha value is -3.12. The number of methoxy groups -OCH3 is 1. The highest BCUT2D eigenvalue weighted by molar-refractivity contribution is 5.67. The van der Waals surface area contributed by atoms with E-state index in [1.807, 2.05) is 37.3 Å². The Morgan fingerprint density at radius 2 is 1.92 bits per heavy atom. The first-order chi connectivity index (χ1) is 12.6. The predicted molar refractivity (Wildman–Crippen MR) is 97.8 cm³/mol. The van der Waals surface area contributed by atoms with E-state index in [0.29, 0.717) is 30.4 Å². The van der Waals surface area contributed by atoms with Crippen molar-refractivity contribution in [3.63, 3.8) is 0 Å². The molecule has 0 radical (unpaired) electrons. The van der Waals surface area contributed by atoms with E-state index in [1.165, 1.54) is 6.33 Å². The summed E-state index contributed by atoms with van der Waals surface area (Å²) in [7, 11) is 1.61. The maximum atomic E-state index is 12.2. The molecular formula is C20H20N2O4. The maximum absolute atomic E-state index is 12.2. The first-order valence-corrected chi connectivity index (χ1v) is 8.20. The molecule has 0 bridgehead atoms. The van der Waals surface area contributed by atoms with Crippen molar-refractivity contribution in [3.8, 4) is 34.0 Å². The first kappa shape index (κ1) is 17.7. The second kappa shape index (κ2) is 7.84. The summed E-state index contributed by atoms with van der Waals surface area (Å²) in [5.74, 6) is 0.892.